The van der Waals surface area contributed by atoms with Gasteiger partial charge in [0.25, 0.3) is 0 Å². The van der Waals surface area contributed by atoms with Crippen LogP contribution in [0.4, 0.5) is 0 Å². The molecule has 1 aliphatic heterocycles. The largest absolute Gasteiger partial charge is 0.456 e. The Hall–Kier alpha value is -6.81. The van der Waals surface area contributed by atoms with Gasteiger partial charge in [-0.25, -0.2) is 0 Å². The molecule has 59 heavy (non-hydrogen) atoms. The van der Waals surface area contributed by atoms with E-state index < -0.39 is 0 Å². The number of allylic oxidation sites excluding steroid dienone is 3. The minimum absolute atomic E-state index is 0.839. The van der Waals surface area contributed by atoms with Crippen molar-refractivity contribution >= 4 is 81.2 Å². The lowest BCUT2D eigenvalue weighted by Crippen LogP contribution is -2.08. The van der Waals surface area contributed by atoms with Crippen molar-refractivity contribution in [1.29, 1.82) is 0 Å². The van der Waals surface area contributed by atoms with Crippen molar-refractivity contribution in [3.63, 3.8) is 0 Å². The SMILES string of the molecule is CCC1=C(c2cccc3c(-c4cccc5oc6ccc(-c7ccccc7)cc6c45)cccc23)/N=C(/c2ccccc2)CC\C(C)=C\1c1cccc2sc3ccccc3c12. The van der Waals surface area contributed by atoms with E-state index in [0.717, 1.165) is 63.7 Å². The van der Waals surface area contributed by atoms with Gasteiger partial charge in [0.15, 0.2) is 0 Å². The van der Waals surface area contributed by atoms with Crippen molar-refractivity contribution in [3.05, 3.63) is 204 Å². The molecule has 3 heterocycles. The fourth-order valence-electron chi connectivity index (χ4n) is 9.46. The molecule has 3 heteroatoms. The number of hydrogen-bond acceptors (Lipinski definition) is 3. The number of furan rings is 1. The monoisotopic (exact) mass is 775 g/mol. The zero-order valence-electron chi connectivity index (χ0n) is 33.1. The molecule has 0 unspecified atom stereocenters. The average molecular weight is 776 g/mol. The van der Waals surface area contributed by atoms with Gasteiger partial charge in [0.05, 0.1) is 5.70 Å². The van der Waals surface area contributed by atoms with Crippen LogP contribution in [0.15, 0.2) is 196 Å². The number of nitrogens with zero attached hydrogens (tertiary/aromatic N) is 1. The van der Waals surface area contributed by atoms with E-state index in [2.05, 4.69) is 190 Å². The van der Waals surface area contributed by atoms with Gasteiger partial charge in [-0.15, -0.1) is 11.3 Å². The minimum Gasteiger partial charge on any atom is -0.456 e. The summed E-state index contributed by atoms with van der Waals surface area (Å²) in [6, 6.07) is 63.7. The molecule has 0 saturated heterocycles. The fourth-order valence-corrected chi connectivity index (χ4v) is 10.6. The molecule has 282 valence electrons. The summed E-state index contributed by atoms with van der Waals surface area (Å²) in [5, 5.41) is 7.31. The van der Waals surface area contributed by atoms with Gasteiger partial charge in [0.1, 0.15) is 11.2 Å². The summed E-state index contributed by atoms with van der Waals surface area (Å²) in [6.45, 7) is 4.66. The standard InChI is InChI=1S/C56H41NOS/c1-3-39-53(46-26-15-29-52-55(46)45-20-10-11-28-51(45)59-52)35(2)30-32-48(37-18-8-5-9-19-37)57-56(39)44-25-13-21-40-41(22-12-23-42(40)44)43-24-14-27-50-54(43)47-34-38(31-33-49(47)58-50)36-16-6-4-7-17-36/h4-29,31,33-34H,3,30,32H2,1-2H3/b53-35-,56-39-,57-48+. The molecule has 11 rings (SSSR count). The second-order valence-electron chi connectivity index (χ2n) is 15.6. The van der Waals surface area contributed by atoms with Gasteiger partial charge in [-0.1, -0.05) is 158 Å². The Morgan fingerprint density at radius 2 is 1.14 bits per heavy atom. The van der Waals surface area contributed by atoms with E-state index in [1.807, 2.05) is 11.3 Å². The van der Waals surface area contributed by atoms with Crippen molar-refractivity contribution in [2.75, 3.05) is 0 Å². The Morgan fingerprint density at radius 3 is 1.95 bits per heavy atom. The number of hydrogen-bond donors (Lipinski definition) is 0. The van der Waals surface area contributed by atoms with E-state index >= 15 is 0 Å². The highest BCUT2D eigenvalue weighted by molar-refractivity contribution is 7.25. The molecule has 2 nitrogen and oxygen atoms in total. The van der Waals surface area contributed by atoms with Crippen LogP contribution in [0.1, 0.15) is 49.8 Å². The summed E-state index contributed by atoms with van der Waals surface area (Å²) in [5.41, 5.74) is 16.3. The zero-order valence-corrected chi connectivity index (χ0v) is 33.9. The molecule has 0 bridgehead atoms. The van der Waals surface area contributed by atoms with Gasteiger partial charge in [-0.3, -0.25) is 4.99 Å². The molecule has 0 aliphatic carbocycles. The summed E-state index contributed by atoms with van der Waals surface area (Å²) in [6.07, 6.45) is 2.63. The van der Waals surface area contributed by atoms with E-state index in [0.29, 0.717) is 0 Å². The third-order valence-electron chi connectivity index (χ3n) is 12.2. The molecule has 2 aromatic heterocycles. The second kappa shape index (κ2) is 14.5. The number of benzene rings is 8. The van der Waals surface area contributed by atoms with Crippen LogP contribution in [-0.2, 0) is 0 Å². The predicted octanol–water partition coefficient (Wildman–Crippen LogP) is 16.3. The highest BCUT2D eigenvalue weighted by Crippen LogP contribution is 2.47. The molecule has 8 aromatic carbocycles. The molecular formula is C56H41NOS. The Balaban J connectivity index is 1.17. The number of thiophene rings is 1. The first kappa shape index (κ1) is 35.4. The van der Waals surface area contributed by atoms with E-state index in [-0.39, 0.29) is 0 Å². The normalized spacial score (nSPS) is 17.2. The summed E-state index contributed by atoms with van der Waals surface area (Å²) >= 11 is 1.88. The van der Waals surface area contributed by atoms with Crippen LogP contribution in [0.5, 0.6) is 0 Å². The van der Waals surface area contributed by atoms with Crippen molar-refractivity contribution < 1.29 is 4.42 Å². The number of fused-ring (bicyclic) bond motifs is 7. The molecule has 0 spiro atoms. The molecule has 0 N–H and O–H groups in total. The van der Waals surface area contributed by atoms with Crippen LogP contribution < -0.4 is 0 Å². The lowest BCUT2D eigenvalue weighted by Gasteiger charge is -2.24. The maximum Gasteiger partial charge on any atom is 0.136 e. The van der Waals surface area contributed by atoms with Gasteiger partial charge < -0.3 is 4.42 Å². The van der Waals surface area contributed by atoms with Gasteiger partial charge in [0, 0.05) is 42.2 Å². The van der Waals surface area contributed by atoms with E-state index in [1.165, 1.54) is 75.5 Å². The molecular weight excluding hydrogens is 735 g/mol. The van der Waals surface area contributed by atoms with E-state index in [9.17, 15) is 0 Å². The van der Waals surface area contributed by atoms with Gasteiger partial charge in [0.2, 0.25) is 0 Å². The van der Waals surface area contributed by atoms with Crippen molar-refractivity contribution in [2.24, 2.45) is 4.99 Å². The first-order valence-electron chi connectivity index (χ1n) is 20.6. The molecule has 0 fully saturated rings. The van der Waals surface area contributed by atoms with Gasteiger partial charge >= 0.3 is 0 Å². The Bertz CT molecular complexity index is 3360. The highest BCUT2D eigenvalue weighted by Gasteiger charge is 2.25. The maximum absolute atomic E-state index is 6.53. The summed E-state index contributed by atoms with van der Waals surface area (Å²) in [7, 11) is 0. The van der Waals surface area contributed by atoms with Crippen LogP contribution in [0.2, 0.25) is 0 Å². The first-order chi connectivity index (χ1) is 29.1. The highest BCUT2D eigenvalue weighted by atomic mass is 32.1. The van der Waals surface area contributed by atoms with Crippen LogP contribution >= 0.6 is 11.3 Å². The van der Waals surface area contributed by atoms with Gasteiger partial charge in [-0.2, -0.15) is 0 Å². The topological polar surface area (TPSA) is 25.5 Å². The van der Waals surface area contributed by atoms with Gasteiger partial charge in [-0.05, 0) is 112 Å². The van der Waals surface area contributed by atoms with Crippen LogP contribution in [0.3, 0.4) is 0 Å². The Labute approximate surface area is 348 Å². The van der Waals surface area contributed by atoms with Crippen LogP contribution in [0.25, 0.3) is 86.4 Å². The van der Waals surface area contributed by atoms with Crippen molar-refractivity contribution in [3.8, 4) is 22.3 Å². The third kappa shape index (κ3) is 5.96. The molecule has 1 aliphatic rings. The lowest BCUT2D eigenvalue weighted by atomic mass is 9.83. The lowest BCUT2D eigenvalue weighted by molar-refractivity contribution is 0.669. The minimum atomic E-state index is 0.839. The third-order valence-corrected chi connectivity index (χ3v) is 13.3. The predicted molar refractivity (Wildman–Crippen MR) is 253 cm³/mol. The molecule has 0 saturated carbocycles. The molecule has 0 atom stereocenters. The molecule has 0 radical (unpaired) electrons. The second-order valence-corrected chi connectivity index (χ2v) is 16.7. The average Bonchev–Trinajstić information content (AvgIpc) is 3.87. The first-order valence-corrected chi connectivity index (χ1v) is 21.5. The maximum atomic E-state index is 6.53. The summed E-state index contributed by atoms with van der Waals surface area (Å²) in [5.74, 6) is 0. The van der Waals surface area contributed by atoms with E-state index in [4.69, 9.17) is 9.41 Å². The fraction of sp³-hybridized carbons (Fsp3) is 0.0893. The number of rotatable bonds is 6. The molecule has 10 aromatic rings. The number of aliphatic imine (C=N–C) groups is 1. The molecule has 0 amide bonds. The zero-order chi connectivity index (χ0) is 39.5. The van der Waals surface area contributed by atoms with Crippen LogP contribution in [-0.4, -0.2) is 5.71 Å². The Kier molecular flexibility index (Phi) is 8.71. The van der Waals surface area contributed by atoms with Crippen molar-refractivity contribution in [2.45, 2.75) is 33.1 Å². The smallest absolute Gasteiger partial charge is 0.136 e. The van der Waals surface area contributed by atoms with E-state index in [1.54, 1.807) is 0 Å². The summed E-state index contributed by atoms with van der Waals surface area (Å²) in [4.78, 5) is 5.79. The quantitative estimate of drug-likeness (QED) is 0.165. The summed E-state index contributed by atoms with van der Waals surface area (Å²) < 4.78 is 9.18. The Morgan fingerprint density at radius 1 is 0.492 bits per heavy atom. The van der Waals surface area contributed by atoms with Crippen LogP contribution in [0, 0.1) is 0 Å². The van der Waals surface area contributed by atoms with Crippen molar-refractivity contribution in [1.82, 2.24) is 0 Å².